The Hall–Kier alpha value is -0.387. The summed E-state index contributed by atoms with van der Waals surface area (Å²) in [5, 5.41) is 0. The zero-order chi connectivity index (χ0) is 6.99. The fourth-order valence-electron chi connectivity index (χ4n) is 0.142. The molecule has 5 heteroatoms. The van der Waals surface area contributed by atoms with E-state index in [-0.39, 0.29) is 16.5 Å². The van der Waals surface area contributed by atoms with Gasteiger partial charge in [0, 0.05) is 0 Å². The van der Waals surface area contributed by atoms with Gasteiger partial charge in [-0.3, -0.25) is 0 Å². The van der Waals surface area contributed by atoms with Crippen LogP contribution in [0.15, 0.2) is 0 Å². The van der Waals surface area contributed by atoms with Gasteiger partial charge in [-0.2, -0.15) is 0 Å². The molecule has 0 aliphatic carbocycles. The number of carbonyl (C=O) groups is 1. The van der Waals surface area contributed by atoms with Crippen LogP contribution in [0.25, 0.3) is 0 Å². The molecule has 0 saturated heterocycles. The van der Waals surface area contributed by atoms with E-state index in [1.165, 1.54) is 0 Å². The summed E-state index contributed by atoms with van der Waals surface area (Å²) in [5.74, 6) is 0. The summed E-state index contributed by atoms with van der Waals surface area (Å²) < 4.78 is 12.6. The Morgan fingerprint density at radius 1 is 1.75 bits per heavy atom. The molecule has 0 radical (unpaired) electrons. The topological polar surface area (TPSA) is 69.4 Å². The average Bonchev–Trinajstić information content (AvgIpc) is 1.72. The molecule has 0 unspecified atom stereocenters. The van der Waals surface area contributed by atoms with Gasteiger partial charge in [-0.25, -0.2) is 4.79 Å². The molecule has 0 bridgehead atoms. The molecular formula is C3H9GeNO3. The molecule has 0 heterocycles. The number of nitrogens with two attached hydrogens (primary N) is 1. The van der Waals surface area contributed by atoms with E-state index >= 15 is 0 Å². The van der Waals surface area contributed by atoms with Gasteiger partial charge in [-0.15, -0.1) is 0 Å². The van der Waals surface area contributed by atoms with Crippen molar-refractivity contribution in [3.8, 4) is 0 Å². The molecule has 2 N–H and O–H groups in total. The molecule has 0 aliphatic rings. The molecule has 0 aromatic rings. The molecular weight excluding hydrogens is 171 g/mol. The van der Waals surface area contributed by atoms with E-state index in [2.05, 4.69) is 10.5 Å². The summed E-state index contributed by atoms with van der Waals surface area (Å²) >= 11 is 0.125. The van der Waals surface area contributed by atoms with Gasteiger partial charge >= 0.3 is 26.3 Å². The summed E-state index contributed by atoms with van der Waals surface area (Å²) in [6.45, 7) is 2.06. The van der Waals surface area contributed by atoms with Crippen molar-refractivity contribution in [3.63, 3.8) is 0 Å². The third-order valence-corrected chi connectivity index (χ3v) is 0.287. The quantitative estimate of drug-likeness (QED) is 0.529. The summed E-state index contributed by atoms with van der Waals surface area (Å²) in [6, 6.07) is 0. The first-order valence-electron chi connectivity index (χ1n) is 1.98. The van der Waals surface area contributed by atoms with Crippen molar-refractivity contribution in [1.82, 2.24) is 0 Å². The molecule has 0 aliphatic heterocycles. The van der Waals surface area contributed by atoms with E-state index in [4.69, 9.17) is 3.78 Å². The second-order valence-corrected chi connectivity index (χ2v) is 0.752. The molecule has 4 nitrogen and oxygen atoms in total. The summed E-state index contributed by atoms with van der Waals surface area (Å²) in [6.07, 6.45) is -0.711. The molecule has 48 valence electrons. The average molecular weight is 180 g/mol. The van der Waals surface area contributed by atoms with Crippen molar-refractivity contribution in [1.29, 1.82) is 0 Å². The Bertz CT molecular complexity index is 67.5. The summed E-state index contributed by atoms with van der Waals surface area (Å²) in [4.78, 5) is 9.60. The van der Waals surface area contributed by atoms with Gasteiger partial charge < -0.3 is 10.5 Å². The van der Waals surface area contributed by atoms with Gasteiger partial charge in [0.1, 0.15) is 0 Å². The molecule has 8 heavy (non-hydrogen) atoms. The third-order valence-electron chi connectivity index (χ3n) is 0.287. The first-order valence-corrected chi connectivity index (χ1v) is 3.19. The predicted octanol–water partition coefficient (Wildman–Crippen LogP) is -0.933. The normalized spacial score (nSPS) is 6.12. The Kier molecular flexibility index (Phi) is 12.9. The number of hydrogen-bond donors (Lipinski definition) is 1. The Balaban J connectivity index is 0. The van der Waals surface area contributed by atoms with Crippen molar-refractivity contribution in [2.24, 2.45) is 5.73 Å². The monoisotopic (exact) mass is 181 g/mol. The summed E-state index contributed by atoms with van der Waals surface area (Å²) in [5.41, 5.74) is 4.54. The number of rotatable bonds is 1. The number of hydrogen-bond acceptors (Lipinski definition) is 3. The molecule has 0 aromatic heterocycles. The summed E-state index contributed by atoms with van der Waals surface area (Å²) in [7, 11) is 0. The van der Waals surface area contributed by atoms with Gasteiger partial charge in [0.25, 0.3) is 0 Å². The second kappa shape index (κ2) is 9.79. The Morgan fingerprint density at radius 3 is 2.12 bits per heavy atom. The maximum absolute atomic E-state index is 9.60. The van der Waals surface area contributed by atoms with E-state index in [1.807, 2.05) is 0 Å². The van der Waals surface area contributed by atoms with Crippen LogP contribution in [0.2, 0.25) is 0 Å². The zero-order valence-electron chi connectivity index (χ0n) is 4.72. The van der Waals surface area contributed by atoms with Crippen LogP contribution in [-0.2, 0) is 8.51 Å². The van der Waals surface area contributed by atoms with Crippen LogP contribution in [0.3, 0.4) is 0 Å². The molecule has 0 saturated carbocycles. The van der Waals surface area contributed by atoms with E-state index < -0.39 is 6.09 Å². The minimum atomic E-state index is -0.711. The SMILES string of the molecule is CCOC(N)=O.[O]=[GeH2]. The number of carbonyl (C=O) groups excluding carboxylic acids is 1. The van der Waals surface area contributed by atoms with Crippen LogP contribution < -0.4 is 5.73 Å². The van der Waals surface area contributed by atoms with E-state index in [0.29, 0.717) is 6.61 Å². The number of amides is 1. The van der Waals surface area contributed by atoms with Gasteiger partial charge in [-0.05, 0) is 6.92 Å². The van der Waals surface area contributed by atoms with Gasteiger partial charge in [0.05, 0.1) is 6.61 Å². The van der Waals surface area contributed by atoms with Crippen molar-refractivity contribution in [2.45, 2.75) is 6.92 Å². The van der Waals surface area contributed by atoms with Crippen LogP contribution in [0.1, 0.15) is 6.92 Å². The van der Waals surface area contributed by atoms with Crippen molar-refractivity contribution in [3.05, 3.63) is 0 Å². The zero-order valence-corrected chi connectivity index (χ0v) is 7.68. The predicted molar refractivity (Wildman–Crippen MR) is 30.4 cm³/mol. The van der Waals surface area contributed by atoms with Crippen LogP contribution in [0, 0.1) is 0 Å². The second-order valence-electron chi connectivity index (χ2n) is 0.752. The Morgan fingerprint density at radius 2 is 2.12 bits per heavy atom. The third kappa shape index (κ3) is 17.5. The molecule has 1 amide bonds. The molecule has 0 fully saturated rings. The van der Waals surface area contributed by atoms with Gasteiger partial charge in [-0.1, -0.05) is 0 Å². The number of primary amides is 1. The fourth-order valence-corrected chi connectivity index (χ4v) is 0.142. The van der Waals surface area contributed by atoms with Gasteiger partial charge in [0.15, 0.2) is 0 Å². The molecule has 0 rings (SSSR count). The molecule has 0 spiro atoms. The van der Waals surface area contributed by atoms with Gasteiger partial charge in [0.2, 0.25) is 0 Å². The van der Waals surface area contributed by atoms with Crippen molar-refractivity contribution in [2.75, 3.05) is 6.61 Å². The molecule has 0 atom stereocenters. The number of ether oxygens (including phenoxy) is 1. The van der Waals surface area contributed by atoms with Crippen molar-refractivity contribution >= 4 is 22.5 Å². The van der Waals surface area contributed by atoms with Crippen LogP contribution in [0.4, 0.5) is 4.79 Å². The maximum atomic E-state index is 9.60. The van der Waals surface area contributed by atoms with E-state index in [1.54, 1.807) is 6.92 Å². The minimum absolute atomic E-state index is 0.125. The first kappa shape index (κ1) is 10.6. The van der Waals surface area contributed by atoms with E-state index in [0.717, 1.165) is 0 Å². The fraction of sp³-hybridized carbons (Fsp3) is 0.667. The van der Waals surface area contributed by atoms with Crippen LogP contribution in [0.5, 0.6) is 0 Å². The Labute approximate surface area is 55.8 Å². The van der Waals surface area contributed by atoms with Crippen LogP contribution >= 0.6 is 0 Å². The standard InChI is InChI=1S/C3H7NO2.GeH2O/c1-2-6-3(4)5;1-2/h2H2,1H3,(H2,4,5);1H2. The first-order chi connectivity index (χ1) is 3.77. The van der Waals surface area contributed by atoms with E-state index in [9.17, 15) is 4.79 Å². The molecule has 0 aromatic carbocycles. The van der Waals surface area contributed by atoms with Crippen LogP contribution in [-0.4, -0.2) is 29.2 Å². The van der Waals surface area contributed by atoms with Crippen molar-refractivity contribution < 1.29 is 13.3 Å².